The Morgan fingerprint density at radius 1 is 1.14 bits per heavy atom. The minimum absolute atomic E-state index is 0.0479. The van der Waals surface area contributed by atoms with Crippen molar-refractivity contribution in [3.63, 3.8) is 0 Å². The van der Waals surface area contributed by atoms with E-state index >= 15 is 0 Å². The highest BCUT2D eigenvalue weighted by Gasteiger charge is 2.10. The fourth-order valence-corrected chi connectivity index (χ4v) is 3.41. The van der Waals surface area contributed by atoms with Crippen molar-refractivity contribution in [2.75, 3.05) is 0 Å². The first kappa shape index (κ1) is 16.3. The van der Waals surface area contributed by atoms with Crippen LogP contribution in [-0.4, -0.2) is 4.92 Å². The van der Waals surface area contributed by atoms with Gasteiger partial charge in [-0.2, -0.15) is 0 Å². The fourth-order valence-electron chi connectivity index (χ4n) is 1.74. The second-order valence-electron chi connectivity index (χ2n) is 4.24. The molecule has 0 fully saturated rings. The molecule has 0 spiro atoms. The molecule has 0 amide bonds. The lowest BCUT2D eigenvalue weighted by molar-refractivity contribution is -0.384. The molecule has 2 aromatic carbocycles. The first-order valence-corrected chi connectivity index (χ1v) is 8.03. The van der Waals surface area contributed by atoms with Crippen LogP contribution in [0.4, 0.5) is 5.69 Å². The first-order chi connectivity index (χ1) is 10.0. The highest BCUT2D eigenvalue weighted by Crippen LogP contribution is 2.35. The number of nitro benzene ring substituents is 1. The number of non-ortho nitro benzene ring substituents is 1. The Bertz CT molecular complexity index is 656. The Kier molecular flexibility index (Phi) is 5.61. The average Bonchev–Trinajstić information content (AvgIpc) is 2.46. The van der Waals surface area contributed by atoms with E-state index in [9.17, 15) is 10.1 Å². The molecule has 21 heavy (non-hydrogen) atoms. The fraction of sp³-hybridized carbons (Fsp3) is 0.143. The molecule has 2 rings (SSSR count). The zero-order valence-electron chi connectivity index (χ0n) is 10.7. The van der Waals surface area contributed by atoms with Gasteiger partial charge in [-0.1, -0.05) is 12.1 Å². The van der Waals surface area contributed by atoms with Crippen molar-refractivity contribution in [3.8, 4) is 5.75 Å². The van der Waals surface area contributed by atoms with Crippen molar-refractivity contribution in [2.45, 2.75) is 12.5 Å². The summed E-state index contributed by atoms with van der Waals surface area (Å²) >= 11 is 12.7. The lowest BCUT2D eigenvalue weighted by Crippen LogP contribution is -1.98. The second-order valence-corrected chi connectivity index (χ2v) is 6.21. The summed E-state index contributed by atoms with van der Waals surface area (Å²) in [6.07, 6.45) is 0. The number of alkyl halides is 1. The van der Waals surface area contributed by atoms with Gasteiger partial charge in [-0.15, -0.1) is 11.6 Å². The van der Waals surface area contributed by atoms with E-state index in [2.05, 4.69) is 31.9 Å². The van der Waals surface area contributed by atoms with Crippen LogP contribution in [0.15, 0.2) is 45.3 Å². The van der Waals surface area contributed by atoms with Crippen molar-refractivity contribution in [1.29, 1.82) is 0 Å². The van der Waals surface area contributed by atoms with Gasteiger partial charge < -0.3 is 4.74 Å². The van der Waals surface area contributed by atoms with Crippen LogP contribution in [0.3, 0.4) is 0 Å². The minimum atomic E-state index is -0.426. The molecule has 110 valence electrons. The van der Waals surface area contributed by atoms with Gasteiger partial charge >= 0.3 is 0 Å². The Labute approximate surface area is 143 Å². The van der Waals surface area contributed by atoms with Crippen molar-refractivity contribution >= 4 is 49.1 Å². The van der Waals surface area contributed by atoms with E-state index in [1.54, 1.807) is 12.1 Å². The zero-order chi connectivity index (χ0) is 15.4. The number of rotatable bonds is 5. The van der Waals surface area contributed by atoms with Crippen LogP contribution >= 0.6 is 43.5 Å². The number of hydrogen-bond acceptors (Lipinski definition) is 3. The summed E-state index contributed by atoms with van der Waals surface area (Å²) in [6, 6.07) is 10.1. The molecule has 0 aliphatic carbocycles. The van der Waals surface area contributed by atoms with Crippen molar-refractivity contribution < 1.29 is 9.66 Å². The Morgan fingerprint density at radius 3 is 2.38 bits per heavy atom. The summed E-state index contributed by atoms with van der Waals surface area (Å²) in [7, 11) is 0. The predicted octanol–water partition coefficient (Wildman–Crippen LogP) is 5.44. The normalized spacial score (nSPS) is 10.4. The van der Waals surface area contributed by atoms with E-state index in [1.807, 2.05) is 12.1 Å². The third kappa shape index (κ3) is 4.18. The smallest absolute Gasteiger partial charge is 0.269 e. The average molecular weight is 435 g/mol. The number of hydrogen-bond donors (Lipinski definition) is 0. The molecule has 0 saturated carbocycles. The molecule has 0 saturated heterocycles. The van der Waals surface area contributed by atoms with Crippen LogP contribution < -0.4 is 4.74 Å². The van der Waals surface area contributed by atoms with Crippen LogP contribution in [0, 0.1) is 10.1 Å². The topological polar surface area (TPSA) is 52.4 Å². The van der Waals surface area contributed by atoms with Crippen LogP contribution in [0.25, 0.3) is 0 Å². The maximum atomic E-state index is 10.7. The summed E-state index contributed by atoms with van der Waals surface area (Å²) in [5, 5.41) is 10.7. The summed E-state index contributed by atoms with van der Waals surface area (Å²) in [6.45, 7) is 0.235. The van der Waals surface area contributed by atoms with Gasteiger partial charge in [0.2, 0.25) is 0 Å². The number of ether oxygens (including phenoxy) is 1. The van der Waals surface area contributed by atoms with Gasteiger partial charge in [0, 0.05) is 18.0 Å². The van der Waals surface area contributed by atoms with Gasteiger partial charge in [-0.05, 0) is 55.1 Å². The third-order valence-corrected chi connectivity index (χ3v) is 4.20. The van der Waals surface area contributed by atoms with Gasteiger partial charge in [0.1, 0.15) is 12.4 Å². The van der Waals surface area contributed by atoms with Gasteiger partial charge in [0.15, 0.2) is 0 Å². The zero-order valence-corrected chi connectivity index (χ0v) is 14.6. The molecule has 0 radical (unpaired) electrons. The van der Waals surface area contributed by atoms with E-state index in [0.717, 1.165) is 20.1 Å². The van der Waals surface area contributed by atoms with Crippen LogP contribution in [0.1, 0.15) is 11.1 Å². The molecular weight excluding hydrogens is 425 g/mol. The monoisotopic (exact) mass is 433 g/mol. The largest absolute Gasteiger partial charge is 0.487 e. The Balaban J connectivity index is 2.17. The van der Waals surface area contributed by atoms with E-state index in [-0.39, 0.29) is 12.3 Å². The predicted molar refractivity (Wildman–Crippen MR) is 88.8 cm³/mol. The van der Waals surface area contributed by atoms with Gasteiger partial charge in [-0.25, -0.2) is 0 Å². The molecule has 0 aromatic heterocycles. The van der Waals surface area contributed by atoms with Crippen molar-refractivity contribution in [2.24, 2.45) is 0 Å². The van der Waals surface area contributed by atoms with Gasteiger partial charge in [-0.3, -0.25) is 10.1 Å². The molecule has 0 bridgehead atoms. The maximum Gasteiger partial charge on any atom is 0.269 e. The lowest BCUT2D eigenvalue weighted by atomic mass is 10.2. The quantitative estimate of drug-likeness (QED) is 0.357. The summed E-state index contributed by atoms with van der Waals surface area (Å²) in [5.41, 5.74) is 1.73. The second kappa shape index (κ2) is 7.24. The molecule has 2 aromatic rings. The van der Waals surface area contributed by atoms with Crippen LogP contribution in [0.5, 0.6) is 5.75 Å². The summed E-state index contributed by atoms with van der Waals surface area (Å²) < 4.78 is 7.28. The standard InChI is InChI=1S/C14H10Br2ClNO3/c15-12-5-10(7-17)6-13(16)14(12)21-8-9-2-1-3-11(4-9)18(19)20/h1-6H,7-8H2. The number of benzene rings is 2. The molecule has 0 aliphatic rings. The third-order valence-electron chi connectivity index (χ3n) is 2.72. The first-order valence-electron chi connectivity index (χ1n) is 5.91. The van der Waals surface area contributed by atoms with E-state index in [1.165, 1.54) is 12.1 Å². The SMILES string of the molecule is O=[N+]([O-])c1cccc(COc2c(Br)cc(CCl)cc2Br)c1. The van der Waals surface area contributed by atoms with Crippen molar-refractivity contribution in [3.05, 3.63) is 66.6 Å². The van der Waals surface area contributed by atoms with E-state index in [0.29, 0.717) is 11.6 Å². The molecule has 0 N–H and O–H groups in total. The molecule has 0 heterocycles. The number of halogens is 3. The highest BCUT2D eigenvalue weighted by atomic mass is 79.9. The molecule has 7 heteroatoms. The van der Waals surface area contributed by atoms with E-state index < -0.39 is 4.92 Å². The van der Waals surface area contributed by atoms with Crippen LogP contribution in [-0.2, 0) is 12.5 Å². The van der Waals surface area contributed by atoms with Gasteiger partial charge in [0.05, 0.1) is 13.9 Å². The molecule has 0 unspecified atom stereocenters. The maximum absolute atomic E-state index is 10.7. The molecule has 4 nitrogen and oxygen atoms in total. The molecule has 0 aliphatic heterocycles. The van der Waals surface area contributed by atoms with E-state index in [4.69, 9.17) is 16.3 Å². The Morgan fingerprint density at radius 2 is 1.81 bits per heavy atom. The number of nitro groups is 1. The minimum Gasteiger partial charge on any atom is -0.487 e. The number of nitrogens with zero attached hydrogens (tertiary/aromatic N) is 1. The molecular formula is C14H10Br2ClNO3. The van der Waals surface area contributed by atoms with Gasteiger partial charge in [0.25, 0.3) is 5.69 Å². The van der Waals surface area contributed by atoms with Crippen LogP contribution in [0.2, 0.25) is 0 Å². The highest BCUT2D eigenvalue weighted by molar-refractivity contribution is 9.11. The van der Waals surface area contributed by atoms with Crippen molar-refractivity contribution in [1.82, 2.24) is 0 Å². The molecule has 0 atom stereocenters. The lowest BCUT2D eigenvalue weighted by Gasteiger charge is -2.11. The summed E-state index contributed by atoms with van der Waals surface area (Å²) in [5.74, 6) is 1.04. The Hall–Kier alpha value is -1.11. The summed E-state index contributed by atoms with van der Waals surface area (Å²) in [4.78, 5) is 10.3.